The van der Waals surface area contributed by atoms with Gasteiger partial charge in [0.2, 0.25) is 0 Å². The monoisotopic (exact) mass is 354 g/mol. The number of benzene rings is 1. The van der Waals surface area contributed by atoms with Crippen LogP contribution in [0.15, 0.2) is 42.2 Å². The van der Waals surface area contributed by atoms with Crippen molar-refractivity contribution in [1.82, 2.24) is 19.4 Å². The van der Waals surface area contributed by atoms with Crippen LogP contribution in [-0.2, 0) is 24.9 Å². The van der Waals surface area contributed by atoms with Crippen LogP contribution in [0.5, 0.6) is 0 Å². The van der Waals surface area contributed by atoms with Gasteiger partial charge in [0, 0.05) is 59.3 Å². The highest BCUT2D eigenvalue weighted by Gasteiger charge is 2.18. The zero-order valence-electron chi connectivity index (χ0n) is 16.2. The summed E-state index contributed by atoms with van der Waals surface area (Å²) in [6.45, 7) is 9.26. The van der Waals surface area contributed by atoms with Crippen molar-refractivity contribution in [2.45, 2.75) is 20.1 Å². The van der Waals surface area contributed by atoms with E-state index in [0.717, 1.165) is 45.1 Å². The van der Waals surface area contributed by atoms with Crippen molar-refractivity contribution in [2.24, 2.45) is 7.05 Å². The van der Waals surface area contributed by atoms with Gasteiger partial charge in [0.1, 0.15) is 5.82 Å². The molecule has 0 spiro atoms. The van der Waals surface area contributed by atoms with Crippen molar-refractivity contribution in [2.75, 3.05) is 39.8 Å². The van der Waals surface area contributed by atoms with E-state index in [1.165, 1.54) is 16.7 Å². The van der Waals surface area contributed by atoms with Crippen molar-refractivity contribution in [3.8, 4) is 0 Å². The molecule has 1 fully saturated rings. The number of ether oxygens (including phenoxy) is 1. The molecule has 0 bridgehead atoms. The maximum absolute atomic E-state index is 5.31. The molecule has 5 nitrogen and oxygen atoms in total. The molecular formula is C21H30N4O. The summed E-state index contributed by atoms with van der Waals surface area (Å²) in [5.74, 6) is 1.14. The average Bonchev–Trinajstić information content (AvgIpc) is 3.03. The van der Waals surface area contributed by atoms with E-state index >= 15 is 0 Å². The molecule has 2 heterocycles. The Morgan fingerprint density at radius 2 is 1.88 bits per heavy atom. The fourth-order valence-corrected chi connectivity index (χ4v) is 3.48. The molecule has 1 aliphatic rings. The van der Waals surface area contributed by atoms with Gasteiger partial charge in [-0.1, -0.05) is 35.9 Å². The second-order valence-corrected chi connectivity index (χ2v) is 7.13. The largest absolute Gasteiger partial charge is 0.380 e. The molecule has 0 radical (unpaired) electrons. The van der Waals surface area contributed by atoms with Gasteiger partial charge in [-0.3, -0.25) is 9.80 Å². The molecule has 0 saturated carbocycles. The predicted octanol–water partition coefficient (Wildman–Crippen LogP) is 2.79. The van der Waals surface area contributed by atoms with Gasteiger partial charge in [0.25, 0.3) is 0 Å². The SMILES string of the molecule is COCc1ccccc1/C=C(\C)CN1CCN(Cc2nccn2C)CC1. The van der Waals surface area contributed by atoms with Gasteiger partial charge in [-0.2, -0.15) is 0 Å². The first-order valence-corrected chi connectivity index (χ1v) is 9.30. The number of aryl methyl sites for hydroxylation is 1. The molecule has 0 unspecified atom stereocenters. The summed E-state index contributed by atoms with van der Waals surface area (Å²) < 4.78 is 7.42. The van der Waals surface area contributed by atoms with Crippen molar-refractivity contribution in [1.29, 1.82) is 0 Å². The van der Waals surface area contributed by atoms with Gasteiger partial charge in [0.15, 0.2) is 0 Å². The van der Waals surface area contributed by atoms with E-state index in [0.29, 0.717) is 6.61 Å². The van der Waals surface area contributed by atoms with Gasteiger partial charge in [-0.15, -0.1) is 0 Å². The van der Waals surface area contributed by atoms with E-state index in [-0.39, 0.29) is 0 Å². The number of rotatable bonds is 7. The smallest absolute Gasteiger partial charge is 0.122 e. The lowest BCUT2D eigenvalue weighted by atomic mass is 10.1. The third-order valence-electron chi connectivity index (χ3n) is 4.98. The topological polar surface area (TPSA) is 33.5 Å². The molecule has 1 aromatic carbocycles. The van der Waals surface area contributed by atoms with Crippen LogP contribution >= 0.6 is 0 Å². The summed E-state index contributed by atoms with van der Waals surface area (Å²) in [4.78, 5) is 9.47. The summed E-state index contributed by atoms with van der Waals surface area (Å²) in [6, 6.07) is 8.47. The normalized spacial score (nSPS) is 17.0. The molecule has 0 amide bonds. The quantitative estimate of drug-likeness (QED) is 0.766. The second kappa shape index (κ2) is 9.12. The predicted molar refractivity (Wildman–Crippen MR) is 106 cm³/mol. The van der Waals surface area contributed by atoms with Crippen molar-refractivity contribution < 1.29 is 4.74 Å². The van der Waals surface area contributed by atoms with Crippen LogP contribution in [0.25, 0.3) is 6.08 Å². The molecule has 140 valence electrons. The maximum Gasteiger partial charge on any atom is 0.122 e. The minimum atomic E-state index is 0.659. The molecule has 2 aromatic rings. The van der Waals surface area contributed by atoms with E-state index in [1.807, 2.05) is 12.4 Å². The second-order valence-electron chi connectivity index (χ2n) is 7.13. The lowest BCUT2D eigenvalue weighted by Crippen LogP contribution is -2.46. The molecule has 3 rings (SSSR count). The Morgan fingerprint density at radius 3 is 2.58 bits per heavy atom. The lowest BCUT2D eigenvalue weighted by Gasteiger charge is -2.34. The van der Waals surface area contributed by atoms with Gasteiger partial charge in [-0.25, -0.2) is 4.98 Å². The summed E-state index contributed by atoms with van der Waals surface area (Å²) in [6.07, 6.45) is 6.19. The molecule has 1 aliphatic heterocycles. The number of imidazole rings is 1. The van der Waals surface area contributed by atoms with E-state index in [1.54, 1.807) is 7.11 Å². The number of piperazine rings is 1. The van der Waals surface area contributed by atoms with Gasteiger partial charge >= 0.3 is 0 Å². The Bertz CT molecular complexity index is 729. The maximum atomic E-state index is 5.31. The number of hydrogen-bond acceptors (Lipinski definition) is 4. The Kier molecular flexibility index (Phi) is 6.61. The van der Waals surface area contributed by atoms with Crippen LogP contribution in [-0.4, -0.2) is 59.2 Å². The van der Waals surface area contributed by atoms with Crippen LogP contribution in [0.3, 0.4) is 0 Å². The van der Waals surface area contributed by atoms with Crippen molar-refractivity contribution >= 4 is 6.08 Å². The zero-order chi connectivity index (χ0) is 18.4. The highest BCUT2D eigenvalue weighted by atomic mass is 16.5. The Labute approximate surface area is 156 Å². The Hall–Kier alpha value is -1.95. The molecule has 1 aromatic heterocycles. The van der Waals surface area contributed by atoms with Crippen LogP contribution in [0.1, 0.15) is 23.9 Å². The first-order valence-electron chi connectivity index (χ1n) is 9.30. The van der Waals surface area contributed by atoms with Crippen molar-refractivity contribution in [3.05, 3.63) is 59.2 Å². The molecule has 5 heteroatoms. The number of methoxy groups -OCH3 is 1. The molecule has 26 heavy (non-hydrogen) atoms. The number of aromatic nitrogens is 2. The van der Waals surface area contributed by atoms with E-state index in [2.05, 4.69) is 63.7 Å². The minimum absolute atomic E-state index is 0.659. The van der Waals surface area contributed by atoms with Crippen LogP contribution < -0.4 is 0 Å². The summed E-state index contributed by atoms with van der Waals surface area (Å²) in [7, 11) is 3.81. The number of hydrogen-bond donors (Lipinski definition) is 0. The fourth-order valence-electron chi connectivity index (χ4n) is 3.48. The number of nitrogens with zero attached hydrogens (tertiary/aromatic N) is 4. The highest BCUT2D eigenvalue weighted by Crippen LogP contribution is 2.15. The molecule has 0 N–H and O–H groups in total. The molecule has 0 aliphatic carbocycles. The highest BCUT2D eigenvalue weighted by molar-refractivity contribution is 5.56. The van der Waals surface area contributed by atoms with E-state index in [9.17, 15) is 0 Å². The fraction of sp³-hybridized carbons (Fsp3) is 0.476. The summed E-state index contributed by atoms with van der Waals surface area (Å²) in [5, 5.41) is 0. The van der Waals surface area contributed by atoms with Crippen LogP contribution in [0.4, 0.5) is 0 Å². The molecular weight excluding hydrogens is 324 g/mol. The van der Waals surface area contributed by atoms with Gasteiger partial charge in [-0.05, 0) is 18.1 Å². The summed E-state index contributed by atoms with van der Waals surface area (Å²) >= 11 is 0. The standard InChI is InChI=1S/C21H30N4O/c1-18(14-19-6-4-5-7-20(19)17-26-3)15-24-10-12-25(13-11-24)16-21-22-8-9-23(21)2/h4-9,14H,10-13,15-17H2,1-3H3/b18-14+. The van der Waals surface area contributed by atoms with Crippen LogP contribution in [0, 0.1) is 0 Å². The Morgan fingerprint density at radius 1 is 1.15 bits per heavy atom. The van der Waals surface area contributed by atoms with Gasteiger partial charge < -0.3 is 9.30 Å². The first kappa shape index (κ1) is 18.8. The van der Waals surface area contributed by atoms with E-state index in [4.69, 9.17) is 4.74 Å². The van der Waals surface area contributed by atoms with Gasteiger partial charge in [0.05, 0.1) is 13.2 Å². The minimum Gasteiger partial charge on any atom is -0.380 e. The lowest BCUT2D eigenvalue weighted by molar-refractivity contribution is 0.132. The molecule has 1 saturated heterocycles. The zero-order valence-corrected chi connectivity index (χ0v) is 16.2. The van der Waals surface area contributed by atoms with Crippen LogP contribution in [0.2, 0.25) is 0 Å². The summed E-state index contributed by atoms with van der Waals surface area (Å²) in [5.41, 5.74) is 3.90. The average molecular weight is 354 g/mol. The van der Waals surface area contributed by atoms with E-state index < -0.39 is 0 Å². The van der Waals surface area contributed by atoms with Crippen molar-refractivity contribution in [3.63, 3.8) is 0 Å². The third-order valence-corrected chi connectivity index (χ3v) is 4.98. The third kappa shape index (κ3) is 5.04. The first-order chi connectivity index (χ1) is 12.7. The Balaban J connectivity index is 1.52. The molecule has 0 atom stereocenters.